The molecule has 26 heavy (non-hydrogen) atoms. The zero-order valence-corrected chi connectivity index (χ0v) is 16.0. The number of aryl methyl sites for hydroxylation is 3. The predicted molar refractivity (Wildman–Crippen MR) is 110 cm³/mol. The van der Waals surface area contributed by atoms with Gasteiger partial charge in [-0.3, -0.25) is 0 Å². The molecule has 1 heterocycles. The van der Waals surface area contributed by atoms with Gasteiger partial charge in [-0.25, -0.2) is 9.97 Å². The Labute approximate surface area is 155 Å². The van der Waals surface area contributed by atoms with Crippen molar-refractivity contribution in [3.63, 3.8) is 0 Å². The van der Waals surface area contributed by atoms with Gasteiger partial charge in [0, 0.05) is 37.2 Å². The summed E-state index contributed by atoms with van der Waals surface area (Å²) < 4.78 is 0. The van der Waals surface area contributed by atoms with Crippen LogP contribution < -0.4 is 15.5 Å². The number of nitrogens with one attached hydrogen (secondary N) is 2. The largest absolute Gasteiger partial charge is 0.378 e. The Balaban J connectivity index is 1.81. The molecule has 5 nitrogen and oxygen atoms in total. The van der Waals surface area contributed by atoms with E-state index in [1.807, 2.05) is 39.2 Å². The van der Waals surface area contributed by atoms with Gasteiger partial charge in [0.25, 0.3) is 0 Å². The minimum atomic E-state index is 0.715. The van der Waals surface area contributed by atoms with Crippen molar-refractivity contribution in [1.82, 2.24) is 9.97 Å². The van der Waals surface area contributed by atoms with Crippen LogP contribution in [0.3, 0.4) is 0 Å². The van der Waals surface area contributed by atoms with E-state index in [1.165, 1.54) is 11.1 Å². The monoisotopic (exact) mass is 347 g/mol. The first-order chi connectivity index (χ1) is 12.4. The number of hydrogen-bond acceptors (Lipinski definition) is 5. The van der Waals surface area contributed by atoms with E-state index in [1.54, 1.807) is 0 Å². The summed E-state index contributed by atoms with van der Waals surface area (Å²) in [5.41, 5.74) is 5.64. The summed E-state index contributed by atoms with van der Waals surface area (Å²) >= 11 is 0. The highest BCUT2D eigenvalue weighted by molar-refractivity contribution is 5.66. The summed E-state index contributed by atoms with van der Waals surface area (Å²) in [6, 6.07) is 16.5. The van der Waals surface area contributed by atoms with Crippen LogP contribution in [0.1, 0.15) is 17.0 Å². The van der Waals surface area contributed by atoms with E-state index in [0.717, 1.165) is 28.7 Å². The molecule has 0 radical (unpaired) electrons. The molecule has 3 rings (SSSR count). The zero-order valence-electron chi connectivity index (χ0n) is 16.0. The number of benzene rings is 2. The summed E-state index contributed by atoms with van der Waals surface area (Å²) in [7, 11) is 4.06. The summed E-state index contributed by atoms with van der Waals surface area (Å²) in [6.45, 7) is 6.08. The molecule has 1 aromatic heterocycles. The number of anilines is 5. The van der Waals surface area contributed by atoms with Crippen LogP contribution in [0.25, 0.3) is 0 Å². The third-order valence-corrected chi connectivity index (χ3v) is 4.14. The van der Waals surface area contributed by atoms with Crippen molar-refractivity contribution in [2.24, 2.45) is 0 Å². The van der Waals surface area contributed by atoms with Gasteiger partial charge in [0.1, 0.15) is 17.5 Å². The summed E-state index contributed by atoms with van der Waals surface area (Å²) in [4.78, 5) is 11.1. The van der Waals surface area contributed by atoms with E-state index in [0.29, 0.717) is 5.82 Å². The summed E-state index contributed by atoms with van der Waals surface area (Å²) in [5.74, 6) is 2.26. The van der Waals surface area contributed by atoms with Gasteiger partial charge >= 0.3 is 0 Å². The molecule has 0 amide bonds. The SMILES string of the molecule is Cc1ccc(Nc2cc(Nc3ccc(N(C)C)cc3)nc(C)n2)c(C)c1. The van der Waals surface area contributed by atoms with E-state index >= 15 is 0 Å². The Hall–Kier alpha value is -3.08. The maximum atomic E-state index is 4.50. The van der Waals surface area contributed by atoms with Crippen LogP contribution in [0.2, 0.25) is 0 Å². The number of hydrogen-bond donors (Lipinski definition) is 2. The average molecular weight is 347 g/mol. The van der Waals surface area contributed by atoms with Crippen molar-refractivity contribution in [3.8, 4) is 0 Å². The van der Waals surface area contributed by atoms with Crippen LogP contribution in [-0.2, 0) is 0 Å². The number of aromatic nitrogens is 2. The molecule has 2 N–H and O–H groups in total. The minimum absolute atomic E-state index is 0.715. The first-order valence-corrected chi connectivity index (χ1v) is 8.65. The highest BCUT2D eigenvalue weighted by Gasteiger charge is 2.05. The number of rotatable bonds is 5. The molecule has 0 fully saturated rings. The van der Waals surface area contributed by atoms with Crippen molar-refractivity contribution in [2.75, 3.05) is 29.6 Å². The van der Waals surface area contributed by atoms with Gasteiger partial charge in [0.2, 0.25) is 0 Å². The van der Waals surface area contributed by atoms with Crippen molar-refractivity contribution in [2.45, 2.75) is 20.8 Å². The predicted octanol–water partition coefficient (Wildman–Crippen LogP) is 4.96. The topological polar surface area (TPSA) is 53.1 Å². The molecular weight excluding hydrogens is 322 g/mol. The van der Waals surface area contributed by atoms with Crippen molar-refractivity contribution < 1.29 is 0 Å². The Morgan fingerprint density at radius 1 is 0.769 bits per heavy atom. The van der Waals surface area contributed by atoms with Gasteiger partial charge in [-0.1, -0.05) is 17.7 Å². The Bertz CT molecular complexity index is 901. The molecule has 0 spiro atoms. The maximum Gasteiger partial charge on any atom is 0.136 e. The summed E-state index contributed by atoms with van der Waals surface area (Å²) in [5, 5.41) is 6.74. The zero-order chi connectivity index (χ0) is 18.7. The Morgan fingerprint density at radius 2 is 1.42 bits per heavy atom. The van der Waals surface area contributed by atoms with Crippen LogP contribution in [0, 0.1) is 20.8 Å². The normalized spacial score (nSPS) is 10.5. The lowest BCUT2D eigenvalue weighted by molar-refractivity contribution is 1.06. The lowest BCUT2D eigenvalue weighted by Gasteiger charge is -2.14. The van der Waals surface area contributed by atoms with E-state index in [2.05, 4.69) is 69.7 Å². The van der Waals surface area contributed by atoms with Crippen LogP contribution in [0.5, 0.6) is 0 Å². The number of nitrogens with zero attached hydrogens (tertiary/aromatic N) is 3. The van der Waals surface area contributed by atoms with E-state index in [-0.39, 0.29) is 0 Å². The molecule has 3 aromatic rings. The van der Waals surface area contributed by atoms with Gasteiger partial charge in [0.05, 0.1) is 0 Å². The standard InChI is InChI=1S/C21H25N5/c1-14-6-11-19(15(2)12-14)25-21-13-20(22-16(3)23-21)24-17-7-9-18(10-8-17)26(4)5/h6-13H,1-5H3,(H2,22,23,24,25). The first kappa shape index (κ1) is 17.7. The maximum absolute atomic E-state index is 4.50. The molecule has 134 valence electrons. The van der Waals surface area contributed by atoms with Crippen LogP contribution in [0.15, 0.2) is 48.5 Å². The van der Waals surface area contributed by atoms with Gasteiger partial charge in [0.15, 0.2) is 0 Å². The molecule has 0 saturated carbocycles. The molecular formula is C21H25N5. The molecule has 0 aliphatic carbocycles. The molecule has 0 unspecified atom stereocenters. The molecule has 0 atom stereocenters. The first-order valence-electron chi connectivity index (χ1n) is 8.65. The van der Waals surface area contributed by atoms with Crippen LogP contribution in [-0.4, -0.2) is 24.1 Å². The van der Waals surface area contributed by atoms with Gasteiger partial charge < -0.3 is 15.5 Å². The highest BCUT2D eigenvalue weighted by atomic mass is 15.1. The highest BCUT2D eigenvalue weighted by Crippen LogP contribution is 2.24. The van der Waals surface area contributed by atoms with Gasteiger partial charge in [-0.05, 0) is 56.7 Å². The second kappa shape index (κ2) is 7.44. The molecule has 0 bridgehead atoms. The third kappa shape index (κ3) is 4.30. The van der Waals surface area contributed by atoms with Gasteiger partial charge in [-0.2, -0.15) is 0 Å². The molecule has 0 aliphatic heterocycles. The molecule has 0 aliphatic rings. The fraction of sp³-hybridized carbons (Fsp3) is 0.238. The van der Waals surface area contributed by atoms with E-state index in [9.17, 15) is 0 Å². The molecule has 5 heteroatoms. The smallest absolute Gasteiger partial charge is 0.136 e. The average Bonchev–Trinajstić information content (AvgIpc) is 2.57. The summed E-state index contributed by atoms with van der Waals surface area (Å²) in [6.07, 6.45) is 0. The molecule has 2 aromatic carbocycles. The second-order valence-corrected chi connectivity index (χ2v) is 6.70. The molecule has 0 saturated heterocycles. The minimum Gasteiger partial charge on any atom is -0.378 e. The van der Waals surface area contributed by atoms with Crippen molar-refractivity contribution >= 4 is 28.7 Å². The lowest BCUT2D eigenvalue weighted by Crippen LogP contribution is -2.08. The van der Waals surface area contributed by atoms with Gasteiger partial charge in [-0.15, -0.1) is 0 Å². The third-order valence-electron chi connectivity index (χ3n) is 4.14. The fourth-order valence-corrected chi connectivity index (χ4v) is 2.78. The fourth-order valence-electron chi connectivity index (χ4n) is 2.78. The van der Waals surface area contributed by atoms with Crippen LogP contribution in [0.4, 0.5) is 28.7 Å². The lowest BCUT2D eigenvalue weighted by atomic mass is 10.1. The van der Waals surface area contributed by atoms with Crippen molar-refractivity contribution in [1.29, 1.82) is 0 Å². The second-order valence-electron chi connectivity index (χ2n) is 6.70. The Kier molecular flexibility index (Phi) is 5.07. The Morgan fingerprint density at radius 3 is 2.04 bits per heavy atom. The van der Waals surface area contributed by atoms with Crippen molar-refractivity contribution in [3.05, 3.63) is 65.5 Å². The van der Waals surface area contributed by atoms with E-state index in [4.69, 9.17) is 0 Å². The van der Waals surface area contributed by atoms with Crippen LogP contribution >= 0.6 is 0 Å². The quantitative estimate of drug-likeness (QED) is 0.683. The van der Waals surface area contributed by atoms with E-state index < -0.39 is 0 Å².